The van der Waals surface area contributed by atoms with Crippen LogP contribution in [0.4, 0.5) is 0 Å². The number of thiazole rings is 1. The smallest absolute Gasteiger partial charge is 0.240 e. The van der Waals surface area contributed by atoms with Crippen molar-refractivity contribution in [3.63, 3.8) is 0 Å². The zero-order chi connectivity index (χ0) is 25.7. The van der Waals surface area contributed by atoms with Crippen molar-refractivity contribution >= 4 is 29.8 Å². The summed E-state index contributed by atoms with van der Waals surface area (Å²) in [4.78, 5) is 39.2. The monoisotopic (exact) mass is 488 g/mol. The van der Waals surface area contributed by atoms with Gasteiger partial charge in [-0.05, 0) is 57.3 Å². The molecular weight excluding hydrogens is 448 g/mol. The van der Waals surface area contributed by atoms with Gasteiger partial charge in [-0.15, -0.1) is 11.3 Å². The van der Waals surface area contributed by atoms with Gasteiger partial charge in [0.25, 0.3) is 0 Å². The summed E-state index contributed by atoms with van der Waals surface area (Å²) in [5.41, 5.74) is 5.44. The minimum Gasteiger partial charge on any atom is -0.332 e. The quantitative estimate of drug-likeness (QED) is 0.600. The standard InChI is InChI=1S/C12H22N2O2.C12H14N2S.C2H4O/c1-12(2,3)10(13-4)11(16)14-7-5-6-9(14)8-15;1-9-12(15-8-14-9)11-5-3-10(4-6-11)7-13-2;1-2-3/h8-10,13H,5-7H2,1-4H3;3-6,8,13H,7H2,1-2H3;2H,1H3. The highest BCUT2D eigenvalue weighted by Gasteiger charge is 2.37. The number of nitrogens with one attached hydrogen (secondary N) is 2. The number of hydrogen-bond acceptors (Lipinski definition) is 7. The molecule has 1 amide bonds. The van der Waals surface area contributed by atoms with Crippen molar-refractivity contribution in [3.05, 3.63) is 41.0 Å². The highest BCUT2D eigenvalue weighted by molar-refractivity contribution is 7.13. The molecule has 34 heavy (non-hydrogen) atoms. The van der Waals surface area contributed by atoms with Gasteiger partial charge in [0.15, 0.2) is 0 Å². The van der Waals surface area contributed by atoms with E-state index in [1.54, 1.807) is 23.3 Å². The highest BCUT2D eigenvalue weighted by atomic mass is 32.1. The van der Waals surface area contributed by atoms with Gasteiger partial charge in [-0.2, -0.15) is 0 Å². The van der Waals surface area contributed by atoms with Gasteiger partial charge >= 0.3 is 0 Å². The Kier molecular flexibility index (Phi) is 12.9. The summed E-state index contributed by atoms with van der Waals surface area (Å²) in [5, 5.41) is 6.20. The molecule has 3 rings (SSSR count). The Balaban J connectivity index is 0.000000305. The normalized spacial score (nSPS) is 16.0. The maximum atomic E-state index is 12.3. The lowest BCUT2D eigenvalue weighted by Gasteiger charge is -2.33. The number of nitrogens with zero attached hydrogens (tertiary/aromatic N) is 2. The number of likely N-dealkylation sites (tertiary alicyclic amines) is 1. The van der Waals surface area contributed by atoms with Crippen molar-refractivity contribution in [1.29, 1.82) is 0 Å². The van der Waals surface area contributed by atoms with Gasteiger partial charge in [0, 0.05) is 13.1 Å². The Morgan fingerprint density at radius 2 is 1.85 bits per heavy atom. The van der Waals surface area contributed by atoms with Gasteiger partial charge in [0.05, 0.1) is 28.2 Å². The molecule has 0 spiro atoms. The molecule has 2 heterocycles. The van der Waals surface area contributed by atoms with Gasteiger partial charge in [-0.1, -0.05) is 45.0 Å². The van der Waals surface area contributed by atoms with Crippen LogP contribution in [0.25, 0.3) is 10.4 Å². The molecule has 1 fully saturated rings. The zero-order valence-electron chi connectivity index (χ0n) is 21.6. The topological polar surface area (TPSA) is 91.4 Å². The maximum absolute atomic E-state index is 12.3. The van der Waals surface area contributed by atoms with Crippen molar-refractivity contribution in [3.8, 4) is 10.4 Å². The van der Waals surface area contributed by atoms with Crippen LogP contribution in [0, 0.1) is 12.3 Å². The molecular formula is C26H40N4O3S. The number of rotatable bonds is 6. The Bertz CT molecular complexity index is 890. The largest absolute Gasteiger partial charge is 0.332 e. The molecule has 1 aromatic carbocycles. The van der Waals surface area contributed by atoms with Crippen LogP contribution in [0.1, 0.15) is 51.8 Å². The van der Waals surface area contributed by atoms with Crippen LogP contribution >= 0.6 is 11.3 Å². The lowest BCUT2D eigenvalue weighted by Crippen LogP contribution is -2.53. The average molecular weight is 489 g/mol. The second-order valence-electron chi connectivity index (χ2n) is 9.19. The van der Waals surface area contributed by atoms with Crippen LogP contribution in [0.2, 0.25) is 0 Å². The highest BCUT2D eigenvalue weighted by Crippen LogP contribution is 2.27. The van der Waals surface area contributed by atoms with E-state index < -0.39 is 0 Å². The Hall–Kier alpha value is -2.42. The van der Waals surface area contributed by atoms with Crippen LogP contribution in [0.15, 0.2) is 29.8 Å². The van der Waals surface area contributed by atoms with E-state index in [1.165, 1.54) is 22.9 Å². The first-order valence-electron chi connectivity index (χ1n) is 11.6. The van der Waals surface area contributed by atoms with E-state index in [4.69, 9.17) is 4.79 Å². The van der Waals surface area contributed by atoms with E-state index >= 15 is 0 Å². The van der Waals surface area contributed by atoms with Crippen LogP contribution in [0.3, 0.4) is 0 Å². The summed E-state index contributed by atoms with van der Waals surface area (Å²) >= 11 is 1.70. The summed E-state index contributed by atoms with van der Waals surface area (Å²) in [7, 11) is 3.75. The number of aldehydes is 2. The fraction of sp³-hybridized carbons (Fsp3) is 0.538. The lowest BCUT2D eigenvalue weighted by molar-refractivity contribution is -0.138. The molecule has 2 N–H and O–H groups in total. The molecule has 7 nitrogen and oxygen atoms in total. The molecule has 0 bridgehead atoms. The number of carbonyl (C=O) groups excluding carboxylic acids is 3. The van der Waals surface area contributed by atoms with E-state index in [9.17, 15) is 9.59 Å². The lowest BCUT2D eigenvalue weighted by atomic mass is 9.86. The summed E-state index contributed by atoms with van der Waals surface area (Å²) < 4.78 is 0. The van der Waals surface area contributed by atoms with Crippen LogP contribution < -0.4 is 10.6 Å². The fourth-order valence-electron chi connectivity index (χ4n) is 3.86. The fourth-order valence-corrected chi connectivity index (χ4v) is 4.67. The molecule has 188 valence electrons. The molecule has 0 aliphatic carbocycles. The second-order valence-corrected chi connectivity index (χ2v) is 10.0. The molecule has 2 unspecified atom stereocenters. The molecule has 1 saturated heterocycles. The van der Waals surface area contributed by atoms with Gasteiger partial charge in [0.1, 0.15) is 12.6 Å². The summed E-state index contributed by atoms with van der Waals surface area (Å²) in [6.45, 7) is 11.2. The second kappa shape index (κ2) is 14.8. The van der Waals surface area contributed by atoms with Gasteiger partial charge in [-0.25, -0.2) is 4.98 Å². The molecule has 0 radical (unpaired) electrons. The SMILES string of the molecule is CC=O.CNC(C(=O)N1CCCC1C=O)C(C)(C)C.CNCc1ccc(-c2scnc2C)cc1. The predicted octanol–water partition coefficient (Wildman–Crippen LogP) is 3.85. The first kappa shape index (κ1) is 29.6. The number of hydrogen-bond donors (Lipinski definition) is 2. The minimum atomic E-state index is -0.229. The third-order valence-electron chi connectivity index (χ3n) is 5.48. The molecule has 8 heteroatoms. The third-order valence-corrected chi connectivity index (χ3v) is 6.46. The van der Waals surface area contributed by atoms with E-state index in [0.717, 1.165) is 37.7 Å². The van der Waals surface area contributed by atoms with E-state index in [1.807, 2.05) is 40.3 Å². The van der Waals surface area contributed by atoms with E-state index in [-0.39, 0.29) is 23.4 Å². The number of aromatic nitrogens is 1. The first-order valence-corrected chi connectivity index (χ1v) is 12.5. The molecule has 1 aromatic heterocycles. The van der Waals surface area contributed by atoms with Crippen LogP contribution in [0.5, 0.6) is 0 Å². The Morgan fingerprint density at radius 1 is 1.24 bits per heavy atom. The van der Waals surface area contributed by atoms with Crippen molar-refractivity contribution in [2.75, 3.05) is 20.6 Å². The summed E-state index contributed by atoms with van der Waals surface area (Å²) in [6.07, 6.45) is 3.37. The van der Waals surface area contributed by atoms with Gasteiger partial charge in [-0.3, -0.25) is 4.79 Å². The molecule has 2 atom stereocenters. The Labute approximate surface area is 208 Å². The summed E-state index contributed by atoms with van der Waals surface area (Å²) in [6, 6.07) is 8.19. The van der Waals surface area contributed by atoms with Gasteiger partial charge < -0.3 is 25.1 Å². The number of likely N-dealkylation sites (N-methyl/N-ethyl adjacent to an activating group) is 1. The number of benzene rings is 1. The predicted molar refractivity (Wildman–Crippen MR) is 140 cm³/mol. The average Bonchev–Trinajstić information content (AvgIpc) is 3.44. The summed E-state index contributed by atoms with van der Waals surface area (Å²) in [5.74, 6) is 0.0459. The minimum absolute atomic E-state index is 0.0459. The molecule has 1 aliphatic heterocycles. The van der Waals surface area contributed by atoms with Crippen LogP contribution in [-0.4, -0.2) is 61.1 Å². The molecule has 2 aromatic rings. The van der Waals surface area contributed by atoms with Crippen molar-refractivity contribution < 1.29 is 14.4 Å². The van der Waals surface area contributed by atoms with E-state index in [2.05, 4.69) is 39.9 Å². The zero-order valence-corrected chi connectivity index (χ0v) is 22.4. The van der Waals surface area contributed by atoms with Crippen LogP contribution in [-0.2, 0) is 20.9 Å². The number of carbonyl (C=O) groups is 3. The van der Waals surface area contributed by atoms with Crippen molar-refractivity contribution in [2.24, 2.45) is 5.41 Å². The molecule has 0 saturated carbocycles. The van der Waals surface area contributed by atoms with Crippen molar-refractivity contribution in [2.45, 2.75) is 66.1 Å². The third kappa shape index (κ3) is 8.74. The first-order chi connectivity index (χ1) is 16.1. The Morgan fingerprint density at radius 3 is 2.29 bits per heavy atom. The number of amides is 1. The maximum Gasteiger partial charge on any atom is 0.240 e. The van der Waals surface area contributed by atoms with Gasteiger partial charge in [0.2, 0.25) is 5.91 Å². The van der Waals surface area contributed by atoms with E-state index in [0.29, 0.717) is 6.54 Å². The number of aryl methyl sites for hydroxylation is 1. The molecule has 1 aliphatic rings. The van der Waals surface area contributed by atoms with Crippen molar-refractivity contribution in [1.82, 2.24) is 20.5 Å².